The minimum Gasteiger partial charge on any atom is -0.179 e. The molecular formula is C11H22S. The first kappa shape index (κ1) is 12.1. The highest BCUT2D eigenvalue weighted by Crippen LogP contribution is 2.26. The summed E-state index contributed by atoms with van der Waals surface area (Å²) < 4.78 is 0. The summed E-state index contributed by atoms with van der Waals surface area (Å²) >= 11 is 4.29. The Balaban J connectivity index is 3.98. The van der Waals surface area contributed by atoms with Crippen LogP contribution in [-0.4, -0.2) is 5.75 Å². The molecule has 0 N–H and O–H groups in total. The van der Waals surface area contributed by atoms with Gasteiger partial charge in [-0.05, 0) is 30.9 Å². The van der Waals surface area contributed by atoms with E-state index in [4.69, 9.17) is 0 Å². The molecular weight excluding hydrogens is 164 g/mol. The van der Waals surface area contributed by atoms with E-state index >= 15 is 0 Å². The zero-order valence-electron chi connectivity index (χ0n) is 8.64. The maximum absolute atomic E-state index is 4.29. The molecule has 0 fully saturated rings. The molecule has 0 saturated carbocycles. The third-order valence-corrected chi connectivity index (χ3v) is 2.90. The number of thiol groups is 1. The molecule has 0 heterocycles. The predicted molar refractivity (Wildman–Crippen MR) is 60.8 cm³/mol. The van der Waals surface area contributed by atoms with Gasteiger partial charge in [0.1, 0.15) is 0 Å². The van der Waals surface area contributed by atoms with Gasteiger partial charge in [0.25, 0.3) is 0 Å². The Labute approximate surface area is 82.9 Å². The van der Waals surface area contributed by atoms with Gasteiger partial charge >= 0.3 is 0 Å². The Hall–Kier alpha value is 0.0900. The summed E-state index contributed by atoms with van der Waals surface area (Å²) in [5, 5.41) is 0. The lowest BCUT2D eigenvalue weighted by Crippen LogP contribution is -2.13. The largest absolute Gasteiger partial charge is 0.179 e. The minimum absolute atomic E-state index is 0.664. The monoisotopic (exact) mass is 186 g/mol. The van der Waals surface area contributed by atoms with Crippen molar-refractivity contribution >= 4 is 12.6 Å². The van der Waals surface area contributed by atoms with Gasteiger partial charge in [0.15, 0.2) is 0 Å². The molecule has 0 spiro atoms. The third kappa shape index (κ3) is 4.20. The van der Waals surface area contributed by atoms with Gasteiger partial charge in [0.2, 0.25) is 0 Å². The zero-order chi connectivity index (χ0) is 9.56. The molecule has 12 heavy (non-hydrogen) atoms. The van der Waals surface area contributed by atoms with Crippen molar-refractivity contribution in [3.05, 3.63) is 12.2 Å². The molecule has 72 valence electrons. The third-order valence-electron chi connectivity index (χ3n) is 2.64. The topological polar surface area (TPSA) is 0 Å². The van der Waals surface area contributed by atoms with E-state index in [0.29, 0.717) is 5.92 Å². The first-order valence-electron chi connectivity index (χ1n) is 4.89. The molecule has 2 unspecified atom stereocenters. The number of allylic oxidation sites excluding steroid dienone is 1. The molecule has 0 radical (unpaired) electrons. The van der Waals surface area contributed by atoms with E-state index in [2.05, 4.69) is 40.0 Å². The van der Waals surface area contributed by atoms with E-state index in [1.807, 2.05) is 0 Å². The van der Waals surface area contributed by atoms with Crippen molar-refractivity contribution in [3.8, 4) is 0 Å². The summed E-state index contributed by atoms with van der Waals surface area (Å²) in [4.78, 5) is 0. The summed E-state index contributed by atoms with van der Waals surface area (Å²) in [6.07, 6.45) is 3.82. The van der Waals surface area contributed by atoms with Crippen LogP contribution in [0.2, 0.25) is 0 Å². The molecule has 0 aliphatic heterocycles. The normalized spacial score (nSPS) is 15.7. The fourth-order valence-corrected chi connectivity index (χ4v) is 1.91. The molecule has 0 rings (SSSR count). The van der Waals surface area contributed by atoms with Crippen molar-refractivity contribution in [1.29, 1.82) is 0 Å². The van der Waals surface area contributed by atoms with Crippen LogP contribution in [0.4, 0.5) is 0 Å². The summed E-state index contributed by atoms with van der Waals surface area (Å²) in [5.41, 5.74) is 1.32. The lowest BCUT2D eigenvalue weighted by Gasteiger charge is -2.23. The summed E-state index contributed by atoms with van der Waals surface area (Å²) in [5.74, 6) is 2.46. The fourth-order valence-electron chi connectivity index (χ4n) is 1.58. The van der Waals surface area contributed by atoms with Crippen LogP contribution in [0, 0.1) is 11.8 Å². The summed E-state index contributed by atoms with van der Waals surface area (Å²) in [7, 11) is 0. The van der Waals surface area contributed by atoms with Gasteiger partial charge in [0.05, 0.1) is 0 Å². The van der Waals surface area contributed by atoms with Gasteiger partial charge in [-0.2, -0.15) is 12.6 Å². The average Bonchev–Trinajstić information content (AvgIpc) is 2.03. The number of hydrogen-bond donors (Lipinski definition) is 1. The van der Waals surface area contributed by atoms with Crippen molar-refractivity contribution < 1.29 is 0 Å². The van der Waals surface area contributed by atoms with Gasteiger partial charge in [-0.1, -0.05) is 38.8 Å². The van der Waals surface area contributed by atoms with Gasteiger partial charge in [-0.3, -0.25) is 0 Å². The Bertz CT molecular complexity index is 123. The average molecular weight is 186 g/mol. The Kier molecular flexibility index (Phi) is 6.64. The fraction of sp³-hybridized carbons (Fsp3) is 0.818. The van der Waals surface area contributed by atoms with Crippen LogP contribution in [0.15, 0.2) is 12.2 Å². The van der Waals surface area contributed by atoms with E-state index < -0.39 is 0 Å². The Morgan fingerprint density at radius 2 is 2.00 bits per heavy atom. The smallest absolute Gasteiger partial charge is 0.00951 e. The van der Waals surface area contributed by atoms with E-state index in [1.165, 1.54) is 24.8 Å². The maximum atomic E-state index is 4.29. The van der Waals surface area contributed by atoms with Crippen molar-refractivity contribution in [1.82, 2.24) is 0 Å². The summed E-state index contributed by atoms with van der Waals surface area (Å²) in [6, 6.07) is 0. The second kappa shape index (κ2) is 6.59. The van der Waals surface area contributed by atoms with Crippen LogP contribution in [0.1, 0.15) is 40.0 Å². The molecule has 0 aromatic carbocycles. The highest BCUT2D eigenvalue weighted by molar-refractivity contribution is 7.80. The van der Waals surface area contributed by atoms with Gasteiger partial charge in [-0.15, -0.1) is 0 Å². The van der Waals surface area contributed by atoms with Gasteiger partial charge in [0, 0.05) is 0 Å². The van der Waals surface area contributed by atoms with Crippen LogP contribution in [0.5, 0.6) is 0 Å². The second-order valence-corrected chi connectivity index (χ2v) is 4.14. The Morgan fingerprint density at radius 3 is 2.33 bits per heavy atom. The molecule has 0 amide bonds. The van der Waals surface area contributed by atoms with Crippen molar-refractivity contribution in [2.24, 2.45) is 11.8 Å². The van der Waals surface area contributed by atoms with E-state index in [9.17, 15) is 0 Å². The lowest BCUT2D eigenvalue weighted by molar-refractivity contribution is 0.365. The molecule has 0 aliphatic rings. The van der Waals surface area contributed by atoms with Crippen molar-refractivity contribution in [2.45, 2.75) is 40.0 Å². The first-order valence-corrected chi connectivity index (χ1v) is 5.53. The predicted octanol–water partition coefficient (Wildman–Crippen LogP) is 3.93. The van der Waals surface area contributed by atoms with E-state index in [-0.39, 0.29) is 0 Å². The quantitative estimate of drug-likeness (QED) is 0.471. The van der Waals surface area contributed by atoms with Crippen molar-refractivity contribution in [3.63, 3.8) is 0 Å². The van der Waals surface area contributed by atoms with E-state index in [0.717, 1.165) is 11.7 Å². The van der Waals surface area contributed by atoms with E-state index in [1.54, 1.807) is 0 Å². The molecule has 2 atom stereocenters. The minimum atomic E-state index is 0.664. The van der Waals surface area contributed by atoms with Crippen LogP contribution >= 0.6 is 12.6 Å². The van der Waals surface area contributed by atoms with Crippen LogP contribution < -0.4 is 0 Å². The van der Waals surface area contributed by atoms with Crippen molar-refractivity contribution in [2.75, 3.05) is 5.75 Å². The molecule has 1 heteroatoms. The molecule has 0 aromatic rings. The van der Waals surface area contributed by atoms with Crippen LogP contribution in [0.25, 0.3) is 0 Å². The summed E-state index contributed by atoms with van der Waals surface area (Å²) in [6.45, 7) is 10.7. The Morgan fingerprint density at radius 1 is 1.42 bits per heavy atom. The lowest BCUT2D eigenvalue weighted by atomic mass is 9.84. The standard InChI is InChI=1S/C11H22S/c1-5-6-11(7-8-12)10(4)9(2)3/h10-12H,2,5-8H2,1,3-4H3. The highest BCUT2D eigenvalue weighted by Gasteiger charge is 2.15. The van der Waals surface area contributed by atoms with Gasteiger partial charge in [-0.25, -0.2) is 0 Å². The molecule has 0 aromatic heterocycles. The SMILES string of the molecule is C=C(C)C(C)C(CCC)CCS. The van der Waals surface area contributed by atoms with Gasteiger partial charge < -0.3 is 0 Å². The molecule has 0 nitrogen and oxygen atoms in total. The first-order chi connectivity index (χ1) is 5.63. The highest BCUT2D eigenvalue weighted by atomic mass is 32.1. The van der Waals surface area contributed by atoms with Crippen LogP contribution in [-0.2, 0) is 0 Å². The molecule has 0 bridgehead atoms. The zero-order valence-corrected chi connectivity index (χ0v) is 9.53. The number of rotatable bonds is 6. The maximum Gasteiger partial charge on any atom is -0.00951 e. The number of hydrogen-bond acceptors (Lipinski definition) is 1. The molecule has 0 saturated heterocycles. The molecule has 0 aliphatic carbocycles. The van der Waals surface area contributed by atoms with Crippen LogP contribution in [0.3, 0.4) is 0 Å². The second-order valence-electron chi connectivity index (χ2n) is 3.70.